The number of carbonyl (C=O) groups is 1. The highest BCUT2D eigenvalue weighted by Gasteiger charge is 2.43. The minimum Gasteiger partial charge on any atom is -0.480 e. The molecule has 1 saturated carbocycles. The molecular formula is C18H19ClN6O2. The number of pyridine rings is 1. The number of urea groups is 1. The Morgan fingerprint density at radius 1 is 1.26 bits per heavy atom. The Morgan fingerprint density at radius 3 is 2.70 bits per heavy atom. The van der Waals surface area contributed by atoms with Crippen LogP contribution in [0.15, 0.2) is 24.5 Å². The molecule has 140 valence electrons. The van der Waals surface area contributed by atoms with Crippen LogP contribution in [-0.4, -0.2) is 32.7 Å². The van der Waals surface area contributed by atoms with Gasteiger partial charge in [-0.25, -0.2) is 19.3 Å². The van der Waals surface area contributed by atoms with E-state index in [9.17, 15) is 4.79 Å². The molecule has 0 radical (unpaired) electrons. The van der Waals surface area contributed by atoms with Crippen molar-refractivity contribution in [2.45, 2.75) is 32.1 Å². The second-order valence-corrected chi connectivity index (χ2v) is 7.34. The van der Waals surface area contributed by atoms with Crippen LogP contribution >= 0.6 is 11.6 Å². The van der Waals surface area contributed by atoms with Gasteiger partial charge in [-0.05, 0) is 25.8 Å². The summed E-state index contributed by atoms with van der Waals surface area (Å²) in [7, 11) is 1.48. The number of fused-ring (bicyclic) bond motifs is 1. The molecule has 0 bridgehead atoms. The lowest BCUT2D eigenvalue weighted by Crippen LogP contribution is -2.23. The summed E-state index contributed by atoms with van der Waals surface area (Å²) in [5, 5.41) is 10.5. The van der Waals surface area contributed by atoms with Crippen LogP contribution in [0.3, 0.4) is 0 Å². The van der Waals surface area contributed by atoms with E-state index in [1.807, 2.05) is 17.5 Å². The topological polar surface area (TPSA) is 93.4 Å². The number of nitrogens with zero attached hydrogens (tertiary/aromatic N) is 4. The van der Waals surface area contributed by atoms with E-state index in [4.69, 9.17) is 16.3 Å². The Hall–Kier alpha value is -2.87. The van der Waals surface area contributed by atoms with Crippen molar-refractivity contribution < 1.29 is 9.53 Å². The van der Waals surface area contributed by atoms with Gasteiger partial charge >= 0.3 is 6.03 Å². The normalized spacial score (nSPS) is 14.8. The van der Waals surface area contributed by atoms with Crippen LogP contribution in [0.25, 0.3) is 5.65 Å². The van der Waals surface area contributed by atoms with Crippen molar-refractivity contribution in [2.75, 3.05) is 17.7 Å². The van der Waals surface area contributed by atoms with Gasteiger partial charge in [0.05, 0.1) is 42.3 Å². The van der Waals surface area contributed by atoms with E-state index >= 15 is 0 Å². The molecule has 8 nitrogen and oxygen atoms in total. The quantitative estimate of drug-likeness (QED) is 0.711. The third kappa shape index (κ3) is 3.28. The molecule has 3 heterocycles. The highest BCUT2D eigenvalue weighted by atomic mass is 35.5. The number of nitrogens with one attached hydrogen (secondary N) is 2. The summed E-state index contributed by atoms with van der Waals surface area (Å²) in [4.78, 5) is 21.0. The van der Waals surface area contributed by atoms with E-state index in [0.717, 1.165) is 29.9 Å². The van der Waals surface area contributed by atoms with Crippen molar-refractivity contribution in [3.63, 3.8) is 0 Å². The molecule has 2 amide bonds. The molecule has 3 aromatic rings. The van der Waals surface area contributed by atoms with Gasteiger partial charge in [-0.2, -0.15) is 5.10 Å². The number of anilines is 2. The molecule has 0 unspecified atom stereocenters. The number of amides is 2. The minimum atomic E-state index is -0.409. The summed E-state index contributed by atoms with van der Waals surface area (Å²) in [5.41, 5.74) is 3.69. The van der Waals surface area contributed by atoms with E-state index < -0.39 is 6.03 Å². The number of hydrogen-bond donors (Lipinski definition) is 2. The highest BCUT2D eigenvalue weighted by Crippen LogP contribution is 2.49. The monoisotopic (exact) mass is 386 g/mol. The molecule has 0 spiro atoms. The maximum absolute atomic E-state index is 12.5. The maximum Gasteiger partial charge on any atom is 0.323 e. The van der Waals surface area contributed by atoms with Crippen LogP contribution < -0.4 is 15.4 Å². The molecule has 0 aromatic carbocycles. The summed E-state index contributed by atoms with van der Waals surface area (Å²) in [5.74, 6) is 0.301. The van der Waals surface area contributed by atoms with E-state index in [0.29, 0.717) is 22.3 Å². The SMILES string of the molecule is COc1ncc(NC(=O)Nc2cnc3cc(C)nn3c2C2(C)CC2)cc1Cl. The zero-order valence-electron chi connectivity index (χ0n) is 15.2. The average Bonchev–Trinajstić information content (AvgIpc) is 3.23. The van der Waals surface area contributed by atoms with Gasteiger partial charge in [0.25, 0.3) is 0 Å². The van der Waals surface area contributed by atoms with Gasteiger partial charge in [-0.15, -0.1) is 0 Å². The van der Waals surface area contributed by atoms with Crippen molar-refractivity contribution in [1.29, 1.82) is 0 Å². The standard InChI is InChI=1S/C18H19ClN6O2/c1-10-6-14-20-9-13(15(25(14)24-10)18(2)4-5-18)23-17(26)22-11-7-12(19)16(27-3)21-8-11/h6-9H,4-5H2,1-3H3,(H2,22,23,26). The minimum absolute atomic E-state index is 0.0206. The molecular weight excluding hydrogens is 368 g/mol. The fourth-order valence-electron chi connectivity index (χ4n) is 3.07. The summed E-state index contributed by atoms with van der Waals surface area (Å²) in [6.45, 7) is 4.09. The first-order chi connectivity index (χ1) is 12.9. The average molecular weight is 387 g/mol. The molecule has 9 heteroatoms. The third-order valence-corrected chi connectivity index (χ3v) is 4.95. The van der Waals surface area contributed by atoms with Gasteiger partial charge in [0.15, 0.2) is 5.65 Å². The predicted octanol–water partition coefficient (Wildman–Crippen LogP) is 3.79. The lowest BCUT2D eigenvalue weighted by atomic mass is 10.0. The zero-order chi connectivity index (χ0) is 19.2. The number of halogens is 1. The number of rotatable bonds is 4. The molecule has 0 saturated heterocycles. The van der Waals surface area contributed by atoms with Crippen molar-refractivity contribution in [1.82, 2.24) is 19.6 Å². The second-order valence-electron chi connectivity index (χ2n) is 6.93. The van der Waals surface area contributed by atoms with E-state index in [1.54, 1.807) is 12.3 Å². The Bertz CT molecular complexity index is 1040. The zero-order valence-corrected chi connectivity index (χ0v) is 16.0. The van der Waals surface area contributed by atoms with Crippen molar-refractivity contribution >= 4 is 34.7 Å². The van der Waals surface area contributed by atoms with Crippen molar-refractivity contribution in [2.24, 2.45) is 0 Å². The van der Waals surface area contributed by atoms with Gasteiger partial charge in [0, 0.05) is 11.5 Å². The number of carbonyl (C=O) groups excluding carboxylic acids is 1. The van der Waals surface area contributed by atoms with Crippen LogP contribution in [0.5, 0.6) is 5.88 Å². The predicted molar refractivity (Wildman–Crippen MR) is 103 cm³/mol. The van der Waals surface area contributed by atoms with Crippen molar-refractivity contribution in [3.8, 4) is 5.88 Å². The summed E-state index contributed by atoms with van der Waals surface area (Å²) in [6.07, 6.45) is 5.23. The lowest BCUT2D eigenvalue weighted by molar-refractivity contribution is 0.262. The Morgan fingerprint density at radius 2 is 2.04 bits per heavy atom. The van der Waals surface area contributed by atoms with E-state index in [2.05, 4.69) is 32.6 Å². The van der Waals surface area contributed by atoms with Crippen LogP contribution in [0, 0.1) is 6.92 Å². The maximum atomic E-state index is 12.5. The summed E-state index contributed by atoms with van der Waals surface area (Å²) >= 11 is 6.05. The molecule has 0 aliphatic heterocycles. The molecule has 1 fully saturated rings. The number of ether oxygens (including phenoxy) is 1. The Labute approximate surface area is 160 Å². The van der Waals surface area contributed by atoms with E-state index in [-0.39, 0.29) is 5.41 Å². The van der Waals surface area contributed by atoms with Crippen LogP contribution in [0.2, 0.25) is 5.02 Å². The van der Waals surface area contributed by atoms with Gasteiger partial charge < -0.3 is 15.4 Å². The van der Waals surface area contributed by atoms with Crippen molar-refractivity contribution in [3.05, 3.63) is 40.9 Å². The molecule has 3 aromatic heterocycles. The first-order valence-corrected chi connectivity index (χ1v) is 8.91. The summed E-state index contributed by atoms with van der Waals surface area (Å²) < 4.78 is 6.84. The Balaban J connectivity index is 1.61. The van der Waals surface area contributed by atoms with Gasteiger partial charge in [0.1, 0.15) is 5.02 Å². The van der Waals surface area contributed by atoms with Gasteiger partial charge in [0.2, 0.25) is 5.88 Å². The van der Waals surface area contributed by atoms with E-state index in [1.165, 1.54) is 13.3 Å². The van der Waals surface area contributed by atoms with Gasteiger partial charge in [-0.1, -0.05) is 18.5 Å². The number of aryl methyl sites for hydroxylation is 1. The third-order valence-electron chi connectivity index (χ3n) is 4.68. The number of methoxy groups -OCH3 is 1. The van der Waals surface area contributed by atoms with Gasteiger partial charge in [-0.3, -0.25) is 0 Å². The number of aromatic nitrogens is 4. The largest absolute Gasteiger partial charge is 0.480 e. The highest BCUT2D eigenvalue weighted by molar-refractivity contribution is 6.32. The molecule has 2 N–H and O–H groups in total. The van der Waals surface area contributed by atoms with Crippen LogP contribution in [-0.2, 0) is 5.41 Å². The second kappa shape index (κ2) is 6.38. The summed E-state index contributed by atoms with van der Waals surface area (Å²) in [6, 6.07) is 3.09. The van der Waals surface area contributed by atoms with Crippen LogP contribution in [0.1, 0.15) is 31.2 Å². The molecule has 27 heavy (non-hydrogen) atoms. The molecule has 0 atom stereocenters. The fraction of sp³-hybridized carbons (Fsp3) is 0.333. The fourth-order valence-corrected chi connectivity index (χ4v) is 3.32. The number of hydrogen-bond acceptors (Lipinski definition) is 5. The van der Waals surface area contributed by atoms with Crippen LogP contribution in [0.4, 0.5) is 16.2 Å². The lowest BCUT2D eigenvalue weighted by Gasteiger charge is -2.17. The smallest absolute Gasteiger partial charge is 0.323 e. The first-order valence-electron chi connectivity index (χ1n) is 8.53. The molecule has 1 aliphatic carbocycles. The Kier molecular flexibility index (Phi) is 4.15. The molecule has 1 aliphatic rings. The molecule has 4 rings (SSSR count). The first kappa shape index (κ1) is 17.5.